The van der Waals surface area contributed by atoms with Crippen molar-refractivity contribution in [2.45, 2.75) is 26.3 Å². The van der Waals surface area contributed by atoms with Gasteiger partial charge in [-0.1, -0.05) is 53.6 Å². The van der Waals surface area contributed by atoms with Gasteiger partial charge in [0.25, 0.3) is 17.7 Å². The predicted molar refractivity (Wildman–Crippen MR) is 122 cm³/mol. The van der Waals surface area contributed by atoms with Gasteiger partial charge < -0.3 is 0 Å². The molecule has 5 rings (SSSR count). The lowest BCUT2D eigenvalue weighted by molar-refractivity contribution is -0.157. The third-order valence-corrected chi connectivity index (χ3v) is 7.30. The zero-order valence-electron chi connectivity index (χ0n) is 18.3. The lowest BCUT2D eigenvalue weighted by Crippen LogP contribution is -2.56. The molecule has 7 heteroatoms. The molecule has 2 bridgehead atoms. The summed E-state index contributed by atoms with van der Waals surface area (Å²) in [6, 6.07) is 12.1. The summed E-state index contributed by atoms with van der Waals surface area (Å²) in [6.45, 7) is 3.47. The summed E-state index contributed by atoms with van der Waals surface area (Å²) in [5, 5.41) is 2.44. The van der Waals surface area contributed by atoms with Crippen LogP contribution in [0.15, 0.2) is 60.7 Å². The summed E-state index contributed by atoms with van der Waals surface area (Å²) in [6.07, 6.45) is 4.77. The molecule has 6 nitrogen and oxygen atoms in total. The smallest absolute Gasteiger partial charge is 0.273 e. The Morgan fingerprint density at radius 1 is 0.909 bits per heavy atom. The average molecular weight is 463 g/mol. The van der Waals surface area contributed by atoms with Crippen molar-refractivity contribution in [2.24, 2.45) is 23.7 Å². The molecular formula is C26H23ClN2O4. The first-order valence-electron chi connectivity index (χ1n) is 11.0. The van der Waals surface area contributed by atoms with Gasteiger partial charge in [0.2, 0.25) is 0 Å². The van der Waals surface area contributed by atoms with Gasteiger partial charge in [0, 0.05) is 16.1 Å². The number of carbonyl (C=O) groups excluding carboxylic acids is 4. The molecule has 33 heavy (non-hydrogen) atoms. The van der Waals surface area contributed by atoms with Crippen molar-refractivity contribution < 1.29 is 19.2 Å². The Morgan fingerprint density at radius 3 is 1.97 bits per heavy atom. The van der Waals surface area contributed by atoms with Crippen LogP contribution in [0, 0.1) is 30.6 Å². The van der Waals surface area contributed by atoms with Crippen LogP contribution in [-0.2, 0) is 9.59 Å². The molecule has 5 atom stereocenters. The number of benzene rings is 2. The van der Waals surface area contributed by atoms with Gasteiger partial charge in [-0.25, -0.2) is 5.01 Å². The third-order valence-electron chi connectivity index (χ3n) is 7.04. The fourth-order valence-electron chi connectivity index (χ4n) is 5.33. The summed E-state index contributed by atoms with van der Waals surface area (Å²) >= 11 is 5.97. The Hall–Kier alpha value is -3.25. The first-order chi connectivity index (χ1) is 15.8. The lowest BCUT2D eigenvalue weighted by atomic mass is 9.85. The van der Waals surface area contributed by atoms with E-state index in [1.54, 1.807) is 31.2 Å². The highest BCUT2D eigenvalue weighted by atomic mass is 35.5. The summed E-state index contributed by atoms with van der Waals surface area (Å²) in [7, 11) is 0. The molecule has 1 saturated heterocycles. The highest BCUT2D eigenvalue weighted by Gasteiger charge is 2.61. The fraction of sp³-hybridized carbons (Fsp3) is 0.308. The minimum absolute atomic E-state index is 0.00274. The van der Waals surface area contributed by atoms with E-state index in [0.717, 1.165) is 22.0 Å². The van der Waals surface area contributed by atoms with Crippen molar-refractivity contribution in [3.63, 3.8) is 0 Å². The number of carbonyl (C=O) groups is 4. The second-order valence-electron chi connectivity index (χ2n) is 9.05. The molecule has 1 heterocycles. The van der Waals surface area contributed by atoms with Crippen LogP contribution in [-0.4, -0.2) is 39.6 Å². The van der Waals surface area contributed by atoms with Gasteiger partial charge in [-0.15, -0.1) is 0 Å². The summed E-state index contributed by atoms with van der Waals surface area (Å²) in [5.74, 6) is -2.73. The maximum absolute atomic E-state index is 13.6. The quantitative estimate of drug-likeness (QED) is 0.381. The lowest BCUT2D eigenvalue weighted by Gasteiger charge is -2.35. The molecule has 1 saturated carbocycles. The molecule has 2 fully saturated rings. The first-order valence-corrected chi connectivity index (χ1v) is 11.4. The van der Waals surface area contributed by atoms with E-state index in [9.17, 15) is 19.2 Å². The van der Waals surface area contributed by atoms with E-state index < -0.39 is 35.6 Å². The Labute approximate surface area is 196 Å². The second kappa shape index (κ2) is 7.96. The van der Waals surface area contributed by atoms with E-state index in [1.165, 1.54) is 12.1 Å². The highest BCUT2D eigenvalue weighted by molar-refractivity contribution is 6.30. The van der Waals surface area contributed by atoms with Gasteiger partial charge in [-0.05, 0) is 56.4 Å². The number of hydrazine groups is 1. The van der Waals surface area contributed by atoms with Crippen molar-refractivity contribution >= 4 is 35.1 Å². The topological polar surface area (TPSA) is 74.8 Å². The molecule has 0 spiro atoms. The molecular weight excluding hydrogens is 440 g/mol. The Balaban J connectivity index is 1.54. The number of fused-ring (bicyclic) bond motifs is 5. The molecule has 168 valence electrons. The molecule has 1 aliphatic heterocycles. The van der Waals surface area contributed by atoms with E-state index in [-0.39, 0.29) is 23.2 Å². The molecule has 0 radical (unpaired) electrons. The summed E-state index contributed by atoms with van der Waals surface area (Å²) < 4.78 is 0. The number of amides is 3. The minimum Gasteiger partial charge on any atom is -0.292 e. The number of aryl methyl sites for hydroxylation is 1. The van der Waals surface area contributed by atoms with E-state index in [2.05, 4.69) is 0 Å². The number of halogens is 1. The molecule has 2 aromatic carbocycles. The van der Waals surface area contributed by atoms with Gasteiger partial charge in [-0.2, -0.15) is 5.01 Å². The van der Waals surface area contributed by atoms with Crippen molar-refractivity contribution in [2.75, 3.05) is 0 Å². The van der Waals surface area contributed by atoms with Gasteiger partial charge >= 0.3 is 0 Å². The van der Waals surface area contributed by atoms with Gasteiger partial charge in [0.05, 0.1) is 11.8 Å². The zero-order valence-corrected chi connectivity index (χ0v) is 19.0. The molecule has 0 aromatic heterocycles. The Morgan fingerprint density at radius 2 is 1.42 bits per heavy atom. The van der Waals surface area contributed by atoms with E-state index in [4.69, 9.17) is 11.6 Å². The monoisotopic (exact) mass is 462 g/mol. The standard InChI is InChI=1S/C26H23ClN2O4/c1-14-3-5-16(6-4-14)23(30)15(2)28(24(31)17-9-11-20(27)12-10-17)29-25(32)21-18-7-8-19(13-18)22(21)26(29)33/h3-12,15,18-19,21-22H,13H2,1-2H3/t15-,18+,19+,21-,22+/m1/s1. The Bertz CT molecular complexity index is 1160. The van der Waals surface area contributed by atoms with Gasteiger partial charge in [0.15, 0.2) is 5.78 Å². The molecule has 0 unspecified atom stereocenters. The minimum atomic E-state index is -1.06. The summed E-state index contributed by atoms with van der Waals surface area (Å²) in [5.41, 5.74) is 1.64. The van der Waals surface area contributed by atoms with Crippen molar-refractivity contribution in [3.05, 3.63) is 82.4 Å². The SMILES string of the molecule is Cc1ccc(C(=O)[C@@H](C)N(C(=O)c2ccc(Cl)cc2)N2C(=O)[C@@H]3[C@H](C2=O)[C@H]2C=C[C@H]3C2)cc1. The van der Waals surface area contributed by atoms with Gasteiger partial charge in [-0.3, -0.25) is 19.2 Å². The van der Waals surface area contributed by atoms with Crippen LogP contribution >= 0.6 is 11.6 Å². The van der Waals surface area contributed by atoms with Crippen LogP contribution < -0.4 is 0 Å². The zero-order chi connectivity index (χ0) is 23.4. The molecule has 3 amide bonds. The van der Waals surface area contributed by atoms with Crippen molar-refractivity contribution in [3.8, 4) is 0 Å². The molecule has 2 aliphatic carbocycles. The number of Topliss-reactive ketones (excluding diaryl/α,β-unsaturated/α-hetero) is 1. The van der Waals surface area contributed by atoms with Crippen LogP contribution in [0.2, 0.25) is 5.02 Å². The van der Waals surface area contributed by atoms with Crippen molar-refractivity contribution in [1.82, 2.24) is 10.0 Å². The van der Waals surface area contributed by atoms with Gasteiger partial charge in [0.1, 0.15) is 6.04 Å². The van der Waals surface area contributed by atoms with Crippen LogP contribution in [0.25, 0.3) is 0 Å². The maximum atomic E-state index is 13.6. The number of hydrogen-bond donors (Lipinski definition) is 0. The van der Waals surface area contributed by atoms with Crippen LogP contribution in [0.3, 0.4) is 0 Å². The number of hydrogen-bond acceptors (Lipinski definition) is 4. The maximum Gasteiger partial charge on any atom is 0.273 e. The summed E-state index contributed by atoms with van der Waals surface area (Å²) in [4.78, 5) is 53.9. The first kappa shape index (κ1) is 21.6. The average Bonchev–Trinajstić information content (AvgIpc) is 3.49. The Kier molecular flexibility index (Phi) is 5.20. The highest BCUT2D eigenvalue weighted by Crippen LogP contribution is 2.53. The van der Waals surface area contributed by atoms with Crippen LogP contribution in [0.4, 0.5) is 0 Å². The molecule has 2 aromatic rings. The van der Waals surface area contributed by atoms with Crippen molar-refractivity contribution in [1.29, 1.82) is 0 Å². The number of nitrogens with zero attached hydrogens (tertiary/aromatic N) is 2. The molecule has 0 N–H and O–H groups in total. The number of imide groups is 1. The third kappa shape index (κ3) is 3.40. The largest absolute Gasteiger partial charge is 0.292 e. The molecule has 3 aliphatic rings. The normalized spacial score (nSPS) is 26.0. The number of allylic oxidation sites excluding steroid dienone is 2. The second-order valence-corrected chi connectivity index (χ2v) is 9.49. The van der Waals surface area contributed by atoms with E-state index in [1.807, 2.05) is 31.2 Å². The number of ketones is 1. The van der Waals surface area contributed by atoms with Crippen LogP contribution in [0.5, 0.6) is 0 Å². The van der Waals surface area contributed by atoms with E-state index in [0.29, 0.717) is 10.6 Å². The predicted octanol–water partition coefficient (Wildman–Crippen LogP) is 4.08. The number of rotatable bonds is 5. The van der Waals surface area contributed by atoms with E-state index >= 15 is 0 Å². The fourth-order valence-corrected chi connectivity index (χ4v) is 5.46. The van der Waals surface area contributed by atoms with Crippen LogP contribution in [0.1, 0.15) is 39.6 Å².